The third-order valence-electron chi connectivity index (χ3n) is 2.40. The van der Waals surface area contributed by atoms with E-state index in [-0.39, 0.29) is 11.5 Å². The number of nitrogens with two attached hydrogens (primary N) is 1. The Morgan fingerprint density at radius 1 is 1.57 bits per heavy atom. The minimum absolute atomic E-state index is 0.0938. The van der Waals surface area contributed by atoms with Gasteiger partial charge in [-0.25, -0.2) is 0 Å². The highest BCUT2D eigenvalue weighted by Crippen LogP contribution is 2.30. The van der Waals surface area contributed by atoms with Crippen LogP contribution in [-0.4, -0.2) is 16.3 Å². The van der Waals surface area contributed by atoms with Crippen LogP contribution in [0.15, 0.2) is 6.20 Å². The second-order valence-electron chi connectivity index (χ2n) is 4.66. The number of hydrogen-bond donors (Lipinski definition) is 1. The normalized spacial score (nSPS) is 14.4. The topological polar surface area (TPSA) is 43.8 Å². The fourth-order valence-electron chi connectivity index (χ4n) is 1.48. The molecule has 4 heteroatoms. The maximum absolute atomic E-state index is 5.96. The second kappa shape index (κ2) is 3.91. The summed E-state index contributed by atoms with van der Waals surface area (Å²) in [6, 6.07) is 0.189. The molecule has 0 aliphatic carbocycles. The van der Waals surface area contributed by atoms with Gasteiger partial charge in [-0.2, -0.15) is 5.10 Å². The number of hydrogen-bond acceptors (Lipinski definition) is 2. The Balaban J connectivity index is 3.01. The van der Waals surface area contributed by atoms with E-state index in [9.17, 15) is 0 Å². The number of rotatable bonds is 2. The van der Waals surface area contributed by atoms with Gasteiger partial charge in [0.1, 0.15) is 0 Å². The van der Waals surface area contributed by atoms with E-state index < -0.39 is 0 Å². The fourth-order valence-corrected chi connectivity index (χ4v) is 1.62. The summed E-state index contributed by atoms with van der Waals surface area (Å²) in [7, 11) is 0. The number of nitrogens with zero attached hydrogens (tertiary/aromatic N) is 2. The van der Waals surface area contributed by atoms with E-state index in [1.165, 1.54) is 0 Å². The van der Waals surface area contributed by atoms with Gasteiger partial charge < -0.3 is 5.73 Å². The van der Waals surface area contributed by atoms with Crippen molar-refractivity contribution < 1.29 is 0 Å². The molecule has 0 bridgehead atoms. The van der Waals surface area contributed by atoms with E-state index in [1.807, 2.05) is 17.8 Å². The summed E-state index contributed by atoms with van der Waals surface area (Å²) in [5, 5.41) is 5.05. The maximum Gasteiger partial charge on any atom is 0.0815 e. The largest absolute Gasteiger partial charge is 0.328 e. The van der Waals surface area contributed by atoms with Gasteiger partial charge in [0, 0.05) is 12.7 Å². The molecule has 1 aromatic rings. The van der Waals surface area contributed by atoms with Crippen molar-refractivity contribution in [2.24, 2.45) is 11.1 Å². The molecule has 0 aromatic carbocycles. The van der Waals surface area contributed by atoms with Crippen molar-refractivity contribution in [1.29, 1.82) is 0 Å². The van der Waals surface area contributed by atoms with E-state index in [1.54, 1.807) is 0 Å². The standard InChI is InChI=1S/C10H18ClN3/c1-7-8(11)6-14(13-7)9(5-12)10(2,3)4/h6,9H,5,12H2,1-4H3. The average Bonchev–Trinajstić information content (AvgIpc) is 2.30. The van der Waals surface area contributed by atoms with Gasteiger partial charge in [-0.1, -0.05) is 32.4 Å². The summed E-state index contributed by atoms with van der Waals surface area (Å²) in [5.41, 5.74) is 6.70. The molecule has 0 saturated carbocycles. The molecule has 0 fully saturated rings. The molecule has 0 aliphatic heterocycles. The van der Waals surface area contributed by atoms with Gasteiger partial charge in [0.05, 0.1) is 16.8 Å². The van der Waals surface area contributed by atoms with Crippen molar-refractivity contribution in [3.05, 3.63) is 16.9 Å². The lowest BCUT2D eigenvalue weighted by Crippen LogP contribution is -2.31. The molecule has 2 N–H and O–H groups in total. The van der Waals surface area contributed by atoms with Crippen molar-refractivity contribution in [3.8, 4) is 0 Å². The Morgan fingerprint density at radius 3 is 2.43 bits per heavy atom. The van der Waals surface area contributed by atoms with E-state index >= 15 is 0 Å². The van der Waals surface area contributed by atoms with E-state index in [0.29, 0.717) is 11.6 Å². The first-order valence-corrected chi connectivity index (χ1v) is 5.15. The van der Waals surface area contributed by atoms with Crippen LogP contribution in [-0.2, 0) is 0 Å². The fraction of sp³-hybridized carbons (Fsp3) is 0.700. The monoisotopic (exact) mass is 215 g/mol. The molecule has 0 radical (unpaired) electrons. The van der Waals surface area contributed by atoms with Crippen molar-refractivity contribution >= 4 is 11.6 Å². The molecular weight excluding hydrogens is 198 g/mol. The number of halogens is 1. The summed E-state index contributed by atoms with van der Waals surface area (Å²) in [6.45, 7) is 8.91. The Morgan fingerprint density at radius 2 is 2.14 bits per heavy atom. The van der Waals surface area contributed by atoms with Crippen LogP contribution in [0.4, 0.5) is 0 Å². The van der Waals surface area contributed by atoms with Crippen molar-refractivity contribution in [2.75, 3.05) is 6.54 Å². The lowest BCUT2D eigenvalue weighted by Gasteiger charge is -2.29. The summed E-state index contributed by atoms with van der Waals surface area (Å²) in [6.07, 6.45) is 1.85. The summed E-state index contributed by atoms with van der Waals surface area (Å²) in [4.78, 5) is 0. The zero-order valence-corrected chi connectivity index (χ0v) is 9.97. The van der Waals surface area contributed by atoms with E-state index in [0.717, 1.165) is 5.69 Å². The average molecular weight is 216 g/mol. The molecule has 14 heavy (non-hydrogen) atoms. The van der Waals surface area contributed by atoms with Crippen molar-refractivity contribution in [2.45, 2.75) is 33.7 Å². The minimum atomic E-state index is 0.0938. The van der Waals surface area contributed by atoms with Gasteiger partial charge in [-0.3, -0.25) is 4.68 Å². The van der Waals surface area contributed by atoms with Crippen LogP contribution in [0.2, 0.25) is 5.02 Å². The van der Waals surface area contributed by atoms with Gasteiger partial charge in [0.2, 0.25) is 0 Å². The van der Waals surface area contributed by atoms with Gasteiger partial charge in [0.15, 0.2) is 0 Å². The molecule has 0 aliphatic rings. The molecular formula is C10H18ClN3. The van der Waals surface area contributed by atoms with Crippen LogP contribution in [0.1, 0.15) is 32.5 Å². The lowest BCUT2D eigenvalue weighted by molar-refractivity contribution is 0.231. The number of aromatic nitrogens is 2. The van der Waals surface area contributed by atoms with Crippen molar-refractivity contribution in [1.82, 2.24) is 9.78 Å². The first-order chi connectivity index (χ1) is 6.36. The van der Waals surface area contributed by atoms with E-state index in [4.69, 9.17) is 17.3 Å². The van der Waals surface area contributed by atoms with Crippen LogP contribution in [0.3, 0.4) is 0 Å². The molecule has 1 aromatic heterocycles. The molecule has 1 heterocycles. The molecule has 1 unspecified atom stereocenters. The lowest BCUT2D eigenvalue weighted by atomic mass is 9.87. The molecule has 0 amide bonds. The van der Waals surface area contributed by atoms with E-state index in [2.05, 4.69) is 25.9 Å². The summed E-state index contributed by atoms with van der Waals surface area (Å²) < 4.78 is 1.87. The summed E-state index contributed by atoms with van der Waals surface area (Å²) in [5.74, 6) is 0. The van der Waals surface area contributed by atoms with Gasteiger partial charge in [-0.05, 0) is 12.3 Å². The van der Waals surface area contributed by atoms with Crippen LogP contribution >= 0.6 is 11.6 Å². The molecule has 1 rings (SSSR count). The predicted molar refractivity (Wildman–Crippen MR) is 59.5 cm³/mol. The number of aryl methyl sites for hydroxylation is 1. The van der Waals surface area contributed by atoms with Crippen LogP contribution in [0, 0.1) is 12.3 Å². The molecule has 0 saturated heterocycles. The SMILES string of the molecule is Cc1nn(C(CN)C(C)(C)C)cc1Cl. The molecule has 1 atom stereocenters. The zero-order chi connectivity index (χ0) is 10.9. The van der Waals surface area contributed by atoms with Gasteiger partial charge in [-0.15, -0.1) is 0 Å². The quantitative estimate of drug-likeness (QED) is 0.824. The predicted octanol–water partition coefficient (Wildman–Crippen LogP) is 2.39. The first kappa shape index (κ1) is 11.5. The smallest absolute Gasteiger partial charge is 0.0815 e. The van der Waals surface area contributed by atoms with Crippen LogP contribution in [0.5, 0.6) is 0 Å². The highest BCUT2D eigenvalue weighted by atomic mass is 35.5. The maximum atomic E-state index is 5.96. The third-order valence-corrected chi connectivity index (χ3v) is 2.77. The Bertz CT molecular complexity index is 292. The van der Waals surface area contributed by atoms with Crippen molar-refractivity contribution in [3.63, 3.8) is 0 Å². The highest BCUT2D eigenvalue weighted by Gasteiger charge is 2.26. The Labute approximate surface area is 90.2 Å². The first-order valence-electron chi connectivity index (χ1n) is 4.77. The Kier molecular flexibility index (Phi) is 3.22. The van der Waals surface area contributed by atoms with Crippen LogP contribution < -0.4 is 5.73 Å². The van der Waals surface area contributed by atoms with Crippen LogP contribution in [0.25, 0.3) is 0 Å². The molecule has 3 nitrogen and oxygen atoms in total. The zero-order valence-electron chi connectivity index (χ0n) is 9.21. The third kappa shape index (κ3) is 2.28. The summed E-state index contributed by atoms with van der Waals surface area (Å²) >= 11 is 5.96. The Hall–Kier alpha value is -0.540. The highest BCUT2D eigenvalue weighted by molar-refractivity contribution is 6.31. The van der Waals surface area contributed by atoms with Gasteiger partial charge >= 0.3 is 0 Å². The molecule has 80 valence electrons. The van der Waals surface area contributed by atoms with Gasteiger partial charge in [0.25, 0.3) is 0 Å². The minimum Gasteiger partial charge on any atom is -0.328 e. The molecule has 0 spiro atoms. The second-order valence-corrected chi connectivity index (χ2v) is 5.07.